The highest BCUT2D eigenvalue weighted by Crippen LogP contribution is 2.32. The molecule has 0 bridgehead atoms. The molecule has 1 nitrogen and oxygen atoms in total. The quantitative estimate of drug-likeness (QED) is 0.720. The van der Waals surface area contributed by atoms with Crippen molar-refractivity contribution in [1.82, 2.24) is 4.90 Å². The van der Waals surface area contributed by atoms with Crippen LogP contribution in [0.15, 0.2) is 30.3 Å². The zero-order chi connectivity index (χ0) is 15.6. The molecule has 1 saturated heterocycles. The van der Waals surface area contributed by atoms with E-state index in [9.17, 15) is 8.78 Å². The molecule has 20 heavy (non-hydrogen) atoms. The van der Waals surface area contributed by atoms with E-state index in [4.69, 9.17) is 0 Å². The van der Waals surface area contributed by atoms with Crippen molar-refractivity contribution in [3.8, 4) is 0 Å². The van der Waals surface area contributed by atoms with Gasteiger partial charge in [0.25, 0.3) is 5.92 Å². The zero-order valence-corrected chi connectivity index (χ0v) is 13.5. The summed E-state index contributed by atoms with van der Waals surface area (Å²) >= 11 is 0. The lowest BCUT2D eigenvalue weighted by atomic mass is 9.94. The van der Waals surface area contributed by atoms with Crippen LogP contribution in [0.4, 0.5) is 8.78 Å². The van der Waals surface area contributed by atoms with Crippen LogP contribution in [-0.2, 0) is 6.54 Å². The third-order valence-electron chi connectivity index (χ3n) is 3.28. The third-order valence-corrected chi connectivity index (χ3v) is 3.28. The van der Waals surface area contributed by atoms with E-state index in [2.05, 4.69) is 0 Å². The van der Waals surface area contributed by atoms with Crippen LogP contribution in [0.25, 0.3) is 0 Å². The smallest absolute Gasteiger partial charge is 0.263 e. The van der Waals surface area contributed by atoms with Gasteiger partial charge in [0.15, 0.2) is 0 Å². The number of hydrogen-bond acceptors (Lipinski definition) is 1. The van der Waals surface area contributed by atoms with E-state index in [1.165, 1.54) is 0 Å². The van der Waals surface area contributed by atoms with Crippen LogP contribution in [0.2, 0.25) is 0 Å². The van der Waals surface area contributed by atoms with E-state index in [-0.39, 0.29) is 6.54 Å². The van der Waals surface area contributed by atoms with Gasteiger partial charge < -0.3 is 0 Å². The van der Waals surface area contributed by atoms with Crippen LogP contribution >= 0.6 is 0 Å². The van der Waals surface area contributed by atoms with Crippen LogP contribution in [0.1, 0.15) is 46.6 Å². The van der Waals surface area contributed by atoms with Gasteiger partial charge in [-0.15, -0.1) is 0 Å². The summed E-state index contributed by atoms with van der Waals surface area (Å²) in [7, 11) is 0. The molecule has 1 fully saturated rings. The second-order valence-electron chi connectivity index (χ2n) is 4.65. The minimum absolute atomic E-state index is 0.108. The van der Waals surface area contributed by atoms with Gasteiger partial charge in [0.2, 0.25) is 0 Å². The molecule has 0 N–H and O–H groups in total. The number of likely N-dealkylation sites (tertiary alicyclic amines) is 1. The molecule has 1 aromatic carbocycles. The number of benzene rings is 1. The van der Waals surface area contributed by atoms with Crippen molar-refractivity contribution in [1.29, 1.82) is 0 Å². The van der Waals surface area contributed by atoms with Crippen LogP contribution in [-0.4, -0.2) is 23.9 Å². The number of alkyl halides is 2. The van der Waals surface area contributed by atoms with Gasteiger partial charge in [0, 0.05) is 12.5 Å². The number of rotatable bonds is 2. The first kappa shape index (κ1) is 19.0. The summed E-state index contributed by atoms with van der Waals surface area (Å²) in [6.45, 7) is 10.9. The van der Waals surface area contributed by atoms with E-state index in [0.29, 0.717) is 13.0 Å². The average molecular weight is 285 g/mol. The normalized spacial score (nSPS) is 21.1. The molecule has 1 atom stereocenters. The summed E-state index contributed by atoms with van der Waals surface area (Å²) in [5.74, 6) is -3.02. The first-order chi connectivity index (χ1) is 9.58. The van der Waals surface area contributed by atoms with Gasteiger partial charge in [-0.3, -0.25) is 4.90 Å². The molecular weight excluding hydrogens is 256 g/mol. The minimum atomic E-state index is -2.53. The third kappa shape index (κ3) is 6.00. The van der Waals surface area contributed by atoms with E-state index >= 15 is 0 Å². The topological polar surface area (TPSA) is 3.24 Å². The molecule has 0 aliphatic carbocycles. The molecule has 0 spiro atoms. The van der Waals surface area contributed by atoms with Gasteiger partial charge in [-0.2, -0.15) is 0 Å². The standard InChI is InChI=1S/C13H17F2N.2C2H6/c1-11-7-8-16(10-13(11,14)15)9-12-5-3-2-4-6-12;2*1-2/h2-6,11H,7-10H2,1H3;2*1-2H3. The lowest BCUT2D eigenvalue weighted by Gasteiger charge is -2.36. The monoisotopic (exact) mass is 285 g/mol. The van der Waals surface area contributed by atoms with Crippen LogP contribution < -0.4 is 0 Å². The van der Waals surface area contributed by atoms with Gasteiger partial charge in [-0.1, -0.05) is 65.0 Å². The van der Waals surface area contributed by atoms with Crippen molar-refractivity contribution in [3.63, 3.8) is 0 Å². The molecule has 1 aliphatic rings. The van der Waals surface area contributed by atoms with Crippen LogP contribution in [0.3, 0.4) is 0 Å². The highest BCUT2D eigenvalue weighted by atomic mass is 19.3. The van der Waals surface area contributed by atoms with Gasteiger partial charge >= 0.3 is 0 Å². The number of nitrogens with zero attached hydrogens (tertiary/aromatic N) is 1. The summed E-state index contributed by atoms with van der Waals surface area (Å²) in [6.07, 6.45) is 0.583. The summed E-state index contributed by atoms with van der Waals surface area (Å²) in [5, 5.41) is 0. The summed E-state index contributed by atoms with van der Waals surface area (Å²) < 4.78 is 27.0. The Balaban J connectivity index is 0.000000829. The highest BCUT2D eigenvalue weighted by molar-refractivity contribution is 5.14. The largest absolute Gasteiger partial charge is 0.293 e. The van der Waals surface area contributed by atoms with Crippen molar-refractivity contribution in [3.05, 3.63) is 35.9 Å². The second-order valence-corrected chi connectivity index (χ2v) is 4.65. The molecule has 1 aromatic rings. The van der Waals surface area contributed by atoms with Crippen LogP contribution in [0.5, 0.6) is 0 Å². The van der Waals surface area contributed by atoms with Crippen molar-refractivity contribution < 1.29 is 8.78 Å². The molecule has 0 saturated carbocycles. The Bertz CT molecular complexity index is 338. The Kier molecular flexibility index (Phi) is 9.39. The second kappa shape index (κ2) is 9.87. The van der Waals surface area contributed by atoms with Crippen molar-refractivity contribution in [2.45, 2.75) is 53.5 Å². The molecule has 3 heteroatoms. The fourth-order valence-corrected chi connectivity index (χ4v) is 2.10. The Morgan fingerprint density at radius 1 is 1.10 bits per heavy atom. The summed E-state index contributed by atoms with van der Waals surface area (Å²) in [5.41, 5.74) is 1.10. The minimum Gasteiger partial charge on any atom is -0.293 e. The maximum atomic E-state index is 13.5. The predicted octanol–water partition coefficient (Wildman–Crippen LogP) is 5.22. The average Bonchev–Trinajstić information content (AvgIpc) is 2.48. The first-order valence-electron chi connectivity index (χ1n) is 7.72. The van der Waals surface area contributed by atoms with Crippen molar-refractivity contribution in [2.75, 3.05) is 13.1 Å². The number of piperidine rings is 1. The van der Waals surface area contributed by atoms with Crippen molar-refractivity contribution in [2.24, 2.45) is 5.92 Å². The van der Waals surface area contributed by atoms with Gasteiger partial charge in [0.05, 0.1) is 6.54 Å². The lowest BCUT2D eigenvalue weighted by Crippen LogP contribution is -2.47. The molecule has 0 aromatic heterocycles. The molecular formula is C17H29F2N. The van der Waals surface area contributed by atoms with Gasteiger partial charge in [-0.05, 0) is 18.5 Å². The molecule has 1 unspecified atom stereocenters. The van der Waals surface area contributed by atoms with E-state index < -0.39 is 11.8 Å². The maximum absolute atomic E-state index is 13.5. The summed E-state index contributed by atoms with van der Waals surface area (Å²) in [6, 6.07) is 9.79. The van der Waals surface area contributed by atoms with Crippen molar-refractivity contribution >= 4 is 0 Å². The molecule has 0 radical (unpaired) electrons. The van der Waals surface area contributed by atoms with Gasteiger partial charge in [-0.25, -0.2) is 8.78 Å². The molecule has 1 aliphatic heterocycles. The molecule has 0 amide bonds. The Hall–Kier alpha value is -0.960. The predicted molar refractivity (Wildman–Crippen MR) is 83.1 cm³/mol. The molecule has 2 rings (SSSR count). The Morgan fingerprint density at radius 3 is 2.15 bits per heavy atom. The molecule has 116 valence electrons. The number of hydrogen-bond donors (Lipinski definition) is 0. The zero-order valence-electron chi connectivity index (χ0n) is 13.5. The van der Waals surface area contributed by atoms with E-state index in [1.807, 2.05) is 62.9 Å². The Morgan fingerprint density at radius 2 is 1.65 bits per heavy atom. The number of halogens is 2. The first-order valence-corrected chi connectivity index (χ1v) is 7.72. The lowest BCUT2D eigenvalue weighted by molar-refractivity contribution is -0.106. The molecule has 1 heterocycles. The Labute approximate surface area is 123 Å². The summed E-state index contributed by atoms with van der Waals surface area (Å²) in [4.78, 5) is 1.84. The highest BCUT2D eigenvalue weighted by Gasteiger charge is 2.41. The SMILES string of the molecule is CC.CC.CC1CCN(Cc2ccccc2)CC1(F)F. The van der Waals surface area contributed by atoms with E-state index in [1.54, 1.807) is 6.92 Å². The fraction of sp³-hybridized carbons (Fsp3) is 0.647. The fourth-order valence-electron chi connectivity index (χ4n) is 2.10. The maximum Gasteiger partial charge on any atom is 0.263 e. The van der Waals surface area contributed by atoms with Gasteiger partial charge in [0.1, 0.15) is 0 Å². The van der Waals surface area contributed by atoms with E-state index in [0.717, 1.165) is 12.1 Å². The van der Waals surface area contributed by atoms with Crippen LogP contribution in [0, 0.1) is 5.92 Å².